The van der Waals surface area contributed by atoms with Crippen molar-refractivity contribution in [2.45, 2.75) is 12.6 Å². The SMILES string of the molecule is O=C(Cc1ccc(Nc2nccc(Nc3cccc4[nH]ncc34)n2)cc1)Nc1cccc(C(F)(F)F)c1. The van der Waals surface area contributed by atoms with Crippen LogP contribution in [-0.2, 0) is 17.4 Å². The Kier molecular flexibility index (Phi) is 6.42. The molecule has 8 nitrogen and oxygen atoms in total. The second kappa shape index (κ2) is 9.97. The van der Waals surface area contributed by atoms with E-state index in [-0.39, 0.29) is 12.1 Å². The Hall–Kier alpha value is -4.93. The van der Waals surface area contributed by atoms with Crippen LogP contribution in [0.25, 0.3) is 10.9 Å². The van der Waals surface area contributed by atoms with Crippen molar-refractivity contribution >= 4 is 45.6 Å². The number of nitrogens with one attached hydrogen (secondary N) is 4. The topological polar surface area (TPSA) is 108 Å². The summed E-state index contributed by atoms with van der Waals surface area (Å²) >= 11 is 0. The van der Waals surface area contributed by atoms with Gasteiger partial charge in [-0.15, -0.1) is 0 Å². The summed E-state index contributed by atoms with van der Waals surface area (Å²) < 4.78 is 38.6. The van der Waals surface area contributed by atoms with Crippen LogP contribution in [0.5, 0.6) is 0 Å². The molecule has 5 rings (SSSR count). The highest BCUT2D eigenvalue weighted by atomic mass is 19.4. The Labute approximate surface area is 209 Å². The molecule has 0 radical (unpaired) electrons. The standard InChI is InChI=1S/C26H20F3N7O/c27-26(28,29)17-3-1-4-19(14-17)32-24(37)13-16-7-9-18(10-8-16)33-25-30-12-11-23(35-25)34-21-5-2-6-22-20(21)15-31-36-22/h1-12,14-15H,13H2,(H,31,36)(H,32,37)(H2,30,33,34,35). The highest BCUT2D eigenvalue weighted by Crippen LogP contribution is 2.30. The molecular formula is C26H20F3N7O. The van der Waals surface area contributed by atoms with E-state index in [1.807, 2.05) is 18.2 Å². The summed E-state index contributed by atoms with van der Waals surface area (Å²) in [4.78, 5) is 21.1. The molecule has 0 atom stereocenters. The fourth-order valence-corrected chi connectivity index (χ4v) is 3.70. The van der Waals surface area contributed by atoms with E-state index < -0.39 is 17.6 Å². The van der Waals surface area contributed by atoms with Crippen LogP contribution in [-0.4, -0.2) is 26.1 Å². The first-order valence-electron chi connectivity index (χ1n) is 11.2. The van der Waals surface area contributed by atoms with Gasteiger partial charge in [-0.2, -0.15) is 23.3 Å². The smallest absolute Gasteiger partial charge is 0.339 e. The van der Waals surface area contributed by atoms with Crippen LogP contribution in [0.2, 0.25) is 0 Å². The summed E-state index contributed by atoms with van der Waals surface area (Å²) in [6.07, 6.45) is -1.11. The van der Waals surface area contributed by atoms with E-state index in [2.05, 4.69) is 36.1 Å². The number of hydrogen-bond donors (Lipinski definition) is 4. The summed E-state index contributed by atoms with van der Waals surface area (Å²) in [7, 11) is 0. The molecule has 1 amide bonds. The first kappa shape index (κ1) is 23.8. The zero-order chi connectivity index (χ0) is 25.8. The fourth-order valence-electron chi connectivity index (χ4n) is 3.70. The monoisotopic (exact) mass is 503 g/mol. The first-order chi connectivity index (χ1) is 17.8. The molecule has 2 heterocycles. The van der Waals surface area contributed by atoms with Crippen LogP contribution >= 0.6 is 0 Å². The summed E-state index contributed by atoms with van der Waals surface area (Å²) in [5.74, 6) is 0.545. The number of carbonyl (C=O) groups excluding carboxylic acids is 1. The van der Waals surface area contributed by atoms with Gasteiger partial charge in [0.05, 0.1) is 29.4 Å². The Balaban J connectivity index is 1.20. The Morgan fingerprint density at radius 1 is 0.919 bits per heavy atom. The van der Waals surface area contributed by atoms with Gasteiger partial charge in [-0.05, 0) is 54.1 Å². The second-order valence-corrected chi connectivity index (χ2v) is 8.15. The lowest BCUT2D eigenvalue weighted by Gasteiger charge is -2.11. The van der Waals surface area contributed by atoms with Gasteiger partial charge in [0.15, 0.2) is 0 Å². The minimum absolute atomic E-state index is 0.00594. The van der Waals surface area contributed by atoms with Crippen LogP contribution in [0.1, 0.15) is 11.1 Å². The maximum atomic E-state index is 12.9. The molecule has 0 saturated heterocycles. The number of carbonyl (C=O) groups is 1. The van der Waals surface area contributed by atoms with Crippen LogP contribution in [0, 0.1) is 0 Å². The highest BCUT2D eigenvalue weighted by Gasteiger charge is 2.30. The van der Waals surface area contributed by atoms with Crippen molar-refractivity contribution in [3.05, 3.63) is 96.3 Å². The lowest BCUT2D eigenvalue weighted by Crippen LogP contribution is -2.15. The number of benzene rings is 3. The number of aromatic nitrogens is 4. The van der Waals surface area contributed by atoms with E-state index in [1.54, 1.807) is 42.7 Å². The van der Waals surface area contributed by atoms with Gasteiger partial charge in [-0.3, -0.25) is 9.89 Å². The number of halogens is 3. The van der Waals surface area contributed by atoms with Crippen molar-refractivity contribution < 1.29 is 18.0 Å². The molecule has 4 N–H and O–H groups in total. The van der Waals surface area contributed by atoms with E-state index in [0.717, 1.165) is 28.7 Å². The van der Waals surface area contributed by atoms with Gasteiger partial charge in [0.1, 0.15) is 5.82 Å². The van der Waals surface area contributed by atoms with Crippen LogP contribution in [0.3, 0.4) is 0 Å². The third kappa shape index (κ3) is 5.84. The number of nitrogens with zero attached hydrogens (tertiary/aromatic N) is 3. The Bertz CT molecular complexity index is 1550. The zero-order valence-electron chi connectivity index (χ0n) is 19.2. The molecule has 2 aromatic heterocycles. The van der Waals surface area contributed by atoms with Gasteiger partial charge in [-0.25, -0.2) is 4.98 Å². The maximum Gasteiger partial charge on any atom is 0.416 e. The second-order valence-electron chi connectivity index (χ2n) is 8.15. The summed E-state index contributed by atoms with van der Waals surface area (Å²) in [5, 5.41) is 16.8. The first-order valence-corrected chi connectivity index (χ1v) is 11.2. The van der Waals surface area contributed by atoms with E-state index in [9.17, 15) is 18.0 Å². The predicted molar refractivity (Wildman–Crippen MR) is 135 cm³/mol. The lowest BCUT2D eigenvalue weighted by molar-refractivity contribution is -0.137. The summed E-state index contributed by atoms with van der Waals surface area (Å²) in [5.41, 5.74) is 2.42. The molecule has 0 unspecified atom stereocenters. The molecule has 0 aliphatic rings. The molecule has 186 valence electrons. The molecule has 0 saturated carbocycles. The third-order valence-electron chi connectivity index (χ3n) is 5.45. The van der Waals surface area contributed by atoms with Crippen molar-refractivity contribution in [1.82, 2.24) is 20.2 Å². The number of amides is 1. The van der Waals surface area contributed by atoms with Crippen LogP contribution in [0.4, 0.5) is 42.0 Å². The zero-order valence-corrected chi connectivity index (χ0v) is 19.2. The van der Waals surface area contributed by atoms with E-state index in [4.69, 9.17) is 0 Å². The number of H-pyrrole nitrogens is 1. The summed E-state index contributed by atoms with van der Waals surface area (Å²) in [6, 6.07) is 19.1. The van der Waals surface area contributed by atoms with Gasteiger partial charge >= 0.3 is 6.18 Å². The van der Waals surface area contributed by atoms with Gasteiger partial charge in [-0.1, -0.05) is 24.3 Å². The largest absolute Gasteiger partial charge is 0.416 e. The van der Waals surface area contributed by atoms with Crippen molar-refractivity contribution in [2.24, 2.45) is 0 Å². The van der Waals surface area contributed by atoms with E-state index in [1.165, 1.54) is 12.1 Å². The number of fused-ring (bicyclic) bond motifs is 1. The van der Waals surface area contributed by atoms with Crippen molar-refractivity contribution in [3.8, 4) is 0 Å². The van der Waals surface area contributed by atoms with E-state index >= 15 is 0 Å². The molecule has 0 bridgehead atoms. The number of rotatable bonds is 7. The third-order valence-corrected chi connectivity index (χ3v) is 5.45. The number of hydrogen-bond acceptors (Lipinski definition) is 6. The average molecular weight is 503 g/mol. The minimum atomic E-state index is -4.48. The average Bonchev–Trinajstić information content (AvgIpc) is 3.35. The van der Waals surface area contributed by atoms with Crippen molar-refractivity contribution in [2.75, 3.05) is 16.0 Å². The molecule has 0 aliphatic heterocycles. The van der Waals surface area contributed by atoms with Gasteiger partial charge in [0.25, 0.3) is 0 Å². The lowest BCUT2D eigenvalue weighted by atomic mass is 10.1. The molecule has 11 heteroatoms. The van der Waals surface area contributed by atoms with Gasteiger partial charge in [0.2, 0.25) is 11.9 Å². The Morgan fingerprint density at radius 2 is 1.73 bits per heavy atom. The van der Waals surface area contributed by atoms with Gasteiger partial charge < -0.3 is 16.0 Å². The maximum absolute atomic E-state index is 12.9. The van der Waals surface area contributed by atoms with Gasteiger partial charge in [0, 0.05) is 23.0 Å². The predicted octanol–water partition coefficient (Wildman–Crippen LogP) is 6.04. The van der Waals surface area contributed by atoms with Crippen molar-refractivity contribution in [1.29, 1.82) is 0 Å². The fraction of sp³-hybridized carbons (Fsp3) is 0.0769. The van der Waals surface area contributed by atoms with Crippen molar-refractivity contribution in [3.63, 3.8) is 0 Å². The number of aromatic amines is 1. The van der Waals surface area contributed by atoms with E-state index in [0.29, 0.717) is 23.0 Å². The summed E-state index contributed by atoms with van der Waals surface area (Å²) in [6.45, 7) is 0. The molecule has 37 heavy (non-hydrogen) atoms. The van der Waals surface area contributed by atoms with Crippen LogP contribution < -0.4 is 16.0 Å². The molecule has 0 aliphatic carbocycles. The number of anilines is 5. The molecular weight excluding hydrogens is 483 g/mol. The molecule has 0 fully saturated rings. The normalized spacial score (nSPS) is 11.3. The van der Waals surface area contributed by atoms with Crippen LogP contribution in [0.15, 0.2) is 85.2 Å². The Morgan fingerprint density at radius 3 is 2.54 bits per heavy atom. The molecule has 3 aromatic carbocycles. The quantitative estimate of drug-likeness (QED) is 0.216. The minimum Gasteiger partial charge on any atom is -0.339 e. The number of alkyl halides is 3. The molecule has 5 aromatic rings. The highest BCUT2D eigenvalue weighted by molar-refractivity contribution is 5.93. The molecule has 0 spiro atoms.